The molecular weight excluding hydrogens is 218 g/mol. The number of hydrogen-bond acceptors (Lipinski definition) is 4. The summed E-state index contributed by atoms with van der Waals surface area (Å²) in [5.41, 5.74) is 2.24. The van der Waals surface area contributed by atoms with Crippen LogP contribution in [-0.4, -0.2) is 16.9 Å². The Hall–Kier alpha value is -2.23. The number of hydrogen-bond donors (Lipinski definition) is 0. The minimum absolute atomic E-state index is 0.117. The number of fused-ring (bicyclic) bond motifs is 2. The highest BCUT2D eigenvalue weighted by Crippen LogP contribution is 2.24. The molecule has 4 heteroatoms. The predicted octanol–water partition coefficient (Wildman–Crippen LogP) is 2.11. The largest absolute Gasteiger partial charge is 0.384 e. The number of nitrogens with zero attached hydrogens (tertiary/aromatic N) is 1. The van der Waals surface area contributed by atoms with Crippen LogP contribution in [0, 0.1) is 0 Å². The van der Waals surface area contributed by atoms with Gasteiger partial charge in [-0.25, -0.2) is 14.6 Å². The summed E-state index contributed by atoms with van der Waals surface area (Å²) in [6.45, 7) is 2.06. The molecule has 3 rings (SSSR count). The first kappa shape index (κ1) is 9.96. The van der Waals surface area contributed by atoms with Crippen molar-refractivity contribution in [2.24, 2.45) is 0 Å². The second kappa shape index (κ2) is 3.38. The smallest absolute Gasteiger partial charge is 0.365 e. The van der Waals surface area contributed by atoms with Gasteiger partial charge in [-0.15, -0.1) is 0 Å². The first-order valence-electron chi connectivity index (χ1n) is 5.39. The third kappa shape index (κ3) is 1.41. The van der Waals surface area contributed by atoms with Gasteiger partial charge in [0.2, 0.25) is 0 Å². The van der Waals surface area contributed by atoms with Crippen LogP contribution in [0.3, 0.4) is 0 Å². The minimum Gasteiger partial charge on any atom is -0.384 e. The molecule has 0 bridgehead atoms. The van der Waals surface area contributed by atoms with Gasteiger partial charge in [0, 0.05) is 5.39 Å². The average Bonchev–Trinajstić information content (AvgIpc) is 2.62. The number of pyridine rings is 1. The highest BCUT2D eigenvalue weighted by atomic mass is 16.6. The summed E-state index contributed by atoms with van der Waals surface area (Å²) in [7, 11) is 0. The third-order valence-electron chi connectivity index (χ3n) is 2.89. The molecule has 0 fully saturated rings. The number of aryl methyl sites for hydroxylation is 1. The summed E-state index contributed by atoms with van der Waals surface area (Å²) in [6, 6.07) is 7.46. The maximum atomic E-state index is 11.4. The van der Waals surface area contributed by atoms with Crippen molar-refractivity contribution in [3.63, 3.8) is 0 Å². The van der Waals surface area contributed by atoms with Crippen molar-refractivity contribution in [1.29, 1.82) is 0 Å². The Balaban J connectivity index is 2.31. The second-order valence-corrected chi connectivity index (χ2v) is 3.94. The molecule has 1 aliphatic rings. The fourth-order valence-corrected chi connectivity index (χ4v) is 1.94. The molecule has 0 spiro atoms. The van der Waals surface area contributed by atoms with Crippen LogP contribution in [0.4, 0.5) is 0 Å². The normalized spacial score (nSPS) is 13.9. The molecule has 1 aromatic heterocycles. The van der Waals surface area contributed by atoms with Gasteiger partial charge in [0.1, 0.15) is 0 Å². The van der Waals surface area contributed by atoms with E-state index in [1.807, 2.05) is 18.2 Å². The molecule has 1 aromatic carbocycles. The molecule has 0 N–H and O–H groups in total. The van der Waals surface area contributed by atoms with Gasteiger partial charge in [-0.2, -0.15) is 0 Å². The number of carbonyl (C=O) groups is 2. The minimum atomic E-state index is -0.661. The lowest BCUT2D eigenvalue weighted by Gasteiger charge is -2.01. The molecule has 17 heavy (non-hydrogen) atoms. The van der Waals surface area contributed by atoms with Gasteiger partial charge in [-0.1, -0.05) is 13.0 Å². The number of rotatable bonds is 1. The molecule has 2 aromatic rings. The van der Waals surface area contributed by atoms with Gasteiger partial charge in [0.15, 0.2) is 5.69 Å². The number of benzene rings is 1. The van der Waals surface area contributed by atoms with Crippen molar-refractivity contribution in [3.05, 3.63) is 41.1 Å². The molecule has 0 aliphatic carbocycles. The van der Waals surface area contributed by atoms with E-state index in [0.29, 0.717) is 5.52 Å². The number of cyclic esters (lactones) is 2. The van der Waals surface area contributed by atoms with Crippen molar-refractivity contribution >= 4 is 22.8 Å². The summed E-state index contributed by atoms with van der Waals surface area (Å²) in [4.78, 5) is 26.9. The number of carbonyl (C=O) groups excluding carboxylic acids is 2. The van der Waals surface area contributed by atoms with E-state index >= 15 is 0 Å². The van der Waals surface area contributed by atoms with Crippen molar-refractivity contribution in [2.75, 3.05) is 0 Å². The van der Waals surface area contributed by atoms with Crippen LogP contribution in [0.15, 0.2) is 24.3 Å². The maximum absolute atomic E-state index is 11.4. The topological polar surface area (TPSA) is 56.3 Å². The SMILES string of the molecule is CCc1ccc2nc3c(cc2c1)C(=O)OC3=O. The molecule has 2 heterocycles. The first-order valence-corrected chi connectivity index (χ1v) is 5.39. The van der Waals surface area contributed by atoms with Gasteiger partial charge < -0.3 is 4.74 Å². The van der Waals surface area contributed by atoms with Gasteiger partial charge in [-0.05, 0) is 30.2 Å². The van der Waals surface area contributed by atoms with Crippen LogP contribution in [0.1, 0.15) is 33.3 Å². The molecule has 0 atom stereocenters. The number of esters is 2. The second-order valence-electron chi connectivity index (χ2n) is 3.94. The molecule has 4 nitrogen and oxygen atoms in total. The Morgan fingerprint density at radius 2 is 2.00 bits per heavy atom. The molecule has 0 saturated carbocycles. The molecule has 84 valence electrons. The Labute approximate surface area is 97.2 Å². The van der Waals surface area contributed by atoms with E-state index < -0.39 is 11.9 Å². The van der Waals surface area contributed by atoms with Crippen LogP contribution >= 0.6 is 0 Å². The zero-order valence-corrected chi connectivity index (χ0v) is 9.19. The first-order chi connectivity index (χ1) is 8.19. The van der Waals surface area contributed by atoms with E-state index in [4.69, 9.17) is 0 Å². The molecular formula is C13H9NO3. The van der Waals surface area contributed by atoms with E-state index in [2.05, 4.69) is 16.6 Å². The lowest BCUT2D eigenvalue weighted by atomic mass is 10.1. The summed E-state index contributed by atoms with van der Waals surface area (Å²) < 4.78 is 4.52. The zero-order chi connectivity index (χ0) is 12.0. The van der Waals surface area contributed by atoms with Crippen LogP contribution in [0.25, 0.3) is 10.9 Å². The highest BCUT2D eigenvalue weighted by molar-refractivity contribution is 6.15. The molecule has 0 amide bonds. The Kier molecular flexibility index (Phi) is 1.98. The number of aromatic nitrogens is 1. The monoisotopic (exact) mass is 227 g/mol. The Morgan fingerprint density at radius 1 is 1.18 bits per heavy atom. The van der Waals surface area contributed by atoms with Crippen LogP contribution < -0.4 is 0 Å². The van der Waals surface area contributed by atoms with Gasteiger partial charge in [-0.3, -0.25) is 0 Å². The summed E-state index contributed by atoms with van der Waals surface area (Å²) in [5, 5.41) is 0.856. The summed E-state index contributed by atoms with van der Waals surface area (Å²) in [6.07, 6.45) is 0.913. The van der Waals surface area contributed by atoms with Crippen molar-refractivity contribution in [1.82, 2.24) is 4.98 Å². The third-order valence-corrected chi connectivity index (χ3v) is 2.89. The summed E-state index contributed by atoms with van der Waals surface area (Å²) >= 11 is 0. The Bertz CT molecular complexity index is 661. The highest BCUT2D eigenvalue weighted by Gasteiger charge is 2.31. The van der Waals surface area contributed by atoms with Gasteiger partial charge in [0.05, 0.1) is 11.1 Å². The van der Waals surface area contributed by atoms with E-state index in [1.54, 1.807) is 6.07 Å². The lowest BCUT2D eigenvalue weighted by molar-refractivity contribution is 0.0441. The van der Waals surface area contributed by atoms with E-state index in [-0.39, 0.29) is 11.3 Å². The summed E-state index contributed by atoms with van der Waals surface area (Å²) in [5.74, 6) is -1.27. The van der Waals surface area contributed by atoms with Crippen LogP contribution in [-0.2, 0) is 11.2 Å². The van der Waals surface area contributed by atoms with Gasteiger partial charge in [0.25, 0.3) is 0 Å². The van der Waals surface area contributed by atoms with E-state index in [1.165, 1.54) is 0 Å². The Morgan fingerprint density at radius 3 is 2.76 bits per heavy atom. The number of ether oxygens (including phenoxy) is 1. The lowest BCUT2D eigenvalue weighted by Crippen LogP contribution is -1.98. The fraction of sp³-hybridized carbons (Fsp3) is 0.154. The standard InChI is InChI=1S/C13H9NO3/c1-2-7-3-4-10-8(5-7)6-9-11(14-10)13(16)17-12(9)15/h3-6H,2H2,1H3. The van der Waals surface area contributed by atoms with Crippen LogP contribution in [0.2, 0.25) is 0 Å². The van der Waals surface area contributed by atoms with Crippen molar-refractivity contribution in [3.8, 4) is 0 Å². The molecule has 0 unspecified atom stereocenters. The zero-order valence-electron chi connectivity index (χ0n) is 9.19. The quantitative estimate of drug-likeness (QED) is 0.553. The molecule has 1 aliphatic heterocycles. The van der Waals surface area contributed by atoms with E-state index in [9.17, 15) is 9.59 Å². The molecule has 0 radical (unpaired) electrons. The predicted molar refractivity (Wildman–Crippen MR) is 60.9 cm³/mol. The van der Waals surface area contributed by atoms with Crippen molar-refractivity contribution in [2.45, 2.75) is 13.3 Å². The van der Waals surface area contributed by atoms with Crippen LogP contribution in [0.5, 0.6) is 0 Å². The molecule has 0 saturated heterocycles. The maximum Gasteiger partial charge on any atom is 0.365 e. The fourth-order valence-electron chi connectivity index (χ4n) is 1.94. The average molecular weight is 227 g/mol. The van der Waals surface area contributed by atoms with Gasteiger partial charge >= 0.3 is 11.9 Å². The van der Waals surface area contributed by atoms with Crippen molar-refractivity contribution < 1.29 is 14.3 Å². The van der Waals surface area contributed by atoms with E-state index in [0.717, 1.165) is 17.4 Å².